The molecule has 3 fully saturated rings. The molecule has 7 heteroatoms. The van der Waals surface area contributed by atoms with E-state index in [-0.39, 0.29) is 31.8 Å². The molecular formula is C16H26O7. The van der Waals surface area contributed by atoms with Crippen molar-refractivity contribution in [2.75, 3.05) is 21.0 Å². The first-order chi connectivity index (χ1) is 11.0. The maximum Gasteiger partial charge on any atom is 0.338 e. The fraction of sp³-hybridized carbons (Fsp3) is 0.938. The Labute approximate surface area is 136 Å². The molecule has 132 valence electrons. The van der Waals surface area contributed by atoms with Gasteiger partial charge in [-0.3, -0.25) is 0 Å². The summed E-state index contributed by atoms with van der Waals surface area (Å²) >= 11 is 0. The van der Waals surface area contributed by atoms with Crippen molar-refractivity contribution in [1.82, 2.24) is 0 Å². The van der Waals surface area contributed by atoms with E-state index in [1.807, 2.05) is 0 Å². The summed E-state index contributed by atoms with van der Waals surface area (Å²) in [5.41, 5.74) is -1.61. The van der Waals surface area contributed by atoms with Gasteiger partial charge in [-0.15, -0.1) is 0 Å². The highest BCUT2D eigenvalue weighted by Crippen LogP contribution is 2.47. The van der Waals surface area contributed by atoms with E-state index in [1.165, 1.54) is 20.6 Å². The second-order valence-corrected chi connectivity index (χ2v) is 6.75. The molecule has 0 radical (unpaired) electrons. The lowest BCUT2D eigenvalue weighted by Gasteiger charge is -2.39. The first-order valence-electron chi connectivity index (χ1n) is 8.29. The third-order valence-electron chi connectivity index (χ3n) is 5.11. The van der Waals surface area contributed by atoms with Gasteiger partial charge in [0.25, 0.3) is 0 Å². The number of carbonyl (C=O) groups is 1. The maximum absolute atomic E-state index is 12.0. The molecule has 4 atom stereocenters. The zero-order valence-corrected chi connectivity index (χ0v) is 13.8. The second kappa shape index (κ2) is 6.64. The van der Waals surface area contributed by atoms with Crippen LogP contribution >= 0.6 is 0 Å². The molecule has 7 nitrogen and oxygen atoms in total. The number of fused-ring (bicyclic) bond motifs is 1. The highest BCUT2D eigenvalue weighted by Gasteiger charge is 2.59. The highest BCUT2D eigenvalue weighted by atomic mass is 16.8. The number of aliphatic hydroxyl groups is 1. The highest BCUT2D eigenvalue weighted by molar-refractivity contribution is 5.79. The molecule has 1 spiro atoms. The van der Waals surface area contributed by atoms with Gasteiger partial charge in [0.15, 0.2) is 11.4 Å². The summed E-state index contributed by atoms with van der Waals surface area (Å²) in [4.78, 5) is 12.0. The fourth-order valence-electron chi connectivity index (χ4n) is 4.02. The van der Waals surface area contributed by atoms with Crippen LogP contribution in [0.5, 0.6) is 0 Å². The monoisotopic (exact) mass is 330 g/mol. The number of hydrogen-bond acceptors (Lipinski definition) is 7. The predicted molar refractivity (Wildman–Crippen MR) is 78.5 cm³/mol. The van der Waals surface area contributed by atoms with Crippen LogP contribution in [0.3, 0.4) is 0 Å². The Kier molecular flexibility index (Phi) is 4.94. The molecule has 3 aliphatic rings. The van der Waals surface area contributed by atoms with Crippen LogP contribution in [0, 0.1) is 0 Å². The van der Waals surface area contributed by atoms with Crippen molar-refractivity contribution in [3.63, 3.8) is 0 Å². The quantitative estimate of drug-likeness (QED) is 0.611. The van der Waals surface area contributed by atoms with E-state index < -0.39 is 23.5 Å². The number of carbonyl (C=O) groups excluding carboxylic acids is 1. The van der Waals surface area contributed by atoms with Crippen molar-refractivity contribution in [2.24, 2.45) is 0 Å². The van der Waals surface area contributed by atoms with Crippen molar-refractivity contribution < 1.29 is 33.6 Å². The van der Waals surface area contributed by atoms with Crippen molar-refractivity contribution in [1.29, 1.82) is 0 Å². The van der Waals surface area contributed by atoms with Crippen molar-refractivity contribution in [2.45, 2.75) is 74.6 Å². The predicted octanol–water partition coefficient (Wildman–Crippen LogP) is 1.12. The van der Waals surface area contributed by atoms with Gasteiger partial charge in [0.1, 0.15) is 12.9 Å². The summed E-state index contributed by atoms with van der Waals surface area (Å²) in [7, 11) is 2.80. The van der Waals surface area contributed by atoms with E-state index in [4.69, 9.17) is 23.7 Å². The molecular weight excluding hydrogens is 304 g/mol. The number of hydrogen-bond donors (Lipinski definition) is 1. The molecule has 0 amide bonds. The van der Waals surface area contributed by atoms with Crippen LogP contribution in [-0.2, 0) is 28.5 Å². The number of rotatable bonds is 4. The van der Waals surface area contributed by atoms with E-state index in [9.17, 15) is 9.90 Å². The molecule has 1 aliphatic heterocycles. The molecule has 1 N–H and O–H groups in total. The van der Waals surface area contributed by atoms with Crippen LogP contribution in [0.4, 0.5) is 0 Å². The normalized spacial score (nSPS) is 39.2. The van der Waals surface area contributed by atoms with Gasteiger partial charge in [0.05, 0.1) is 19.3 Å². The number of ether oxygens (including phenoxy) is 5. The average Bonchev–Trinajstić information content (AvgIpc) is 2.89. The fourth-order valence-corrected chi connectivity index (χ4v) is 4.02. The average molecular weight is 330 g/mol. The number of methoxy groups -OCH3 is 2. The summed E-state index contributed by atoms with van der Waals surface area (Å²) < 4.78 is 27.8. The van der Waals surface area contributed by atoms with Gasteiger partial charge < -0.3 is 28.8 Å². The standard InChI is InChI=1S/C16H26O7/c1-19-10-21-11-8-15(18,14(17)20-2)9-12-13(11)23-16(22-12)6-4-3-5-7-16/h11-13,18H,3-10H2,1-2H3/t11-,12-,13+,15-/m1/s1. The minimum absolute atomic E-state index is 0.0709. The molecule has 0 bridgehead atoms. The lowest BCUT2D eigenvalue weighted by Crippen LogP contribution is -2.56. The Morgan fingerprint density at radius 3 is 2.57 bits per heavy atom. The van der Waals surface area contributed by atoms with Crippen LogP contribution in [0.1, 0.15) is 44.9 Å². The molecule has 2 saturated carbocycles. The largest absolute Gasteiger partial charge is 0.467 e. The maximum atomic E-state index is 12.0. The van der Waals surface area contributed by atoms with E-state index in [2.05, 4.69) is 0 Å². The third-order valence-corrected chi connectivity index (χ3v) is 5.11. The van der Waals surface area contributed by atoms with Crippen LogP contribution in [0.15, 0.2) is 0 Å². The van der Waals surface area contributed by atoms with Crippen molar-refractivity contribution in [3.05, 3.63) is 0 Å². The molecule has 1 heterocycles. The lowest BCUT2D eigenvalue weighted by atomic mass is 9.79. The van der Waals surface area contributed by atoms with E-state index in [0.717, 1.165) is 25.7 Å². The summed E-state index contributed by atoms with van der Waals surface area (Å²) in [5.74, 6) is -1.25. The van der Waals surface area contributed by atoms with E-state index in [0.29, 0.717) is 0 Å². The SMILES string of the molecule is COCO[C@@H]1C[C@](O)(C(=O)OC)C[C@H]2OC3(CCCCC3)O[C@@H]12. The smallest absolute Gasteiger partial charge is 0.338 e. The van der Waals surface area contributed by atoms with Gasteiger partial charge in [0, 0.05) is 32.8 Å². The van der Waals surface area contributed by atoms with Gasteiger partial charge in [-0.25, -0.2) is 4.79 Å². The Hall–Kier alpha value is -0.730. The Bertz CT molecular complexity index is 424. The van der Waals surface area contributed by atoms with Gasteiger partial charge in [-0.05, 0) is 12.8 Å². The molecule has 2 aliphatic carbocycles. The zero-order chi connectivity index (χ0) is 16.5. The van der Waals surface area contributed by atoms with Crippen LogP contribution in [0.2, 0.25) is 0 Å². The molecule has 3 rings (SSSR count). The Balaban J connectivity index is 1.79. The molecule has 0 aromatic heterocycles. The third kappa shape index (κ3) is 3.25. The minimum Gasteiger partial charge on any atom is -0.467 e. The van der Waals surface area contributed by atoms with Crippen molar-refractivity contribution in [3.8, 4) is 0 Å². The van der Waals surface area contributed by atoms with Crippen LogP contribution in [0.25, 0.3) is 0 Å². The molecule has 1 saturated heterocycles. The molecule has 0 unspecified atom stereocenters. The molecule has 23 heavy (non-hydrogen) atoms. The van der Waals surface area contributed by atoms with Crippen LogP contribution < -0.4 is 0 Å². The van der Waals surface area contributed by atoms with Gasteiger partial charge >= 0.3 is 5.97 Å². The first kappa shape index (κ1) is 17.1. The molecule has 0 aromatic rings. The van der Waals surface area contributed by atoms with Crippen LogP contribution in [-0.4, -0.2) is 61.8 Å². The topological polar surface area (TPSA) is 83.5 Å². The first-order valence-corrected chi connectivity index (χ1v) is 8.29. The van der Waals surface area contributed by atoms with Crippen molar-refractivity contribution >= 4 is 5.97 Å². The van der Waals surface area contributed by atoms with Gasteiger partial charge in [-0.2, -0.15) is 0 Å². The second-order valence-electron chi connectivity index (χ2n) is 6.75. The van der Waals surface area contributed by atoms with Gasteiger partial charge in [0.2, 0.25) is 0 Å². The number of esters is 1. The zero-order valence-electron chi connectivity index (χ0n) is 13.8. The Morgan fingerprint density at radius 1 is 1.17 bits per heavy atom. The minimum atomic E-state index is -1.61. The lowest BCUT2D eigenvalue weighted by molar-refractivity contribution is -0.207. The summed E-state index contributed by atoms with van der Waals surface area (Å²) in [6.45, 7) is 0.0709. The summed E-state index contributed by atoms with van der Waals surface area (Å²) in [5, 5.41) is 10.7. The summed E-state index contributed by atoms with van der Waals surface area (Å²) in [6, 6.07) is 0. The molecule has 0 aromatic carbocycles. The van der Waals surface area contributed by atoms with Gasteiger partial charge in [-0.1, -0.05) is 6.42 Å². The Morgan fingerprint density at radius 2 is 1.91 bits per heavy atom. The van der Waals surface area contributed by atoms with E-state index in [1.54, 1.807) is 0 Å². The summed E-state index contributed by atoms with van der Waals surface area (Å²) in [6.07, 6.45) is 4.11. The van der Waals surface area contributed by atoms with E-state index >= 15 is 0 Å².